The summed E-state index contributed by atoms with van der Waals surface area (Å²) in [7, 11) is 1.66. The summed E-state index contributed by atoms with van der Waals surface area (Å²) >= 11 is 0. The molecule has 1 saturated heterocycles. The largest absolute Gasteiger partial charge is 0.497 e. The van der Waals surface area contributed by atoms with E-state index in [9.17, 15) is 9.90 Å². The number of ketones is 1. The van der Waals surface area contributed by atoms with Gasteiger partial charge in [-0.25, -0.2) is 0 Å². The number of nitrogens with zero attached hydrogens (tertiary/aromatic N) is 1. The number of likely N-dealkylation sites (tertiary alicyclic amines) is 1. The van der Waals surface area contributed by atoms with E-state index in [0.717, 1.165) is 24.2 Å². The molecule has 4 aromatic carbocycles. The van der Waals surface area contributed by atoms with Crippen molar-refractivity contribution in [1.29, 1.82) is 0 Å². The summed E-state index contributed by atoms with van der Waals surface area (Å²) in [5, 5.41) is 11.4. The van der Waals surface area contributed by atoms with Gasteiger partial charge in [-0.1, -0.05) is 97.1 Å². The Bertz CT molecular complexity index is 1290. The predicted molar refractivity (Wildman–Crippen MR) is 147 cm³/mol. The second kappa shape index (κ2) is 11.5. The Morgan fingerprint density at radius 3 is 2.05 bits per heavy atom. The smallest absolute Gasteiger partial charge is 0.163 e. The monoisotopic (exact) mass is 491 g/mol. The topological polar surface area (TPSA) is 49.8 Å². The van der Waals surface area contributed by atoms with Gasteiger partial charge in [0.15, 0.2) is 5.78 Å². The molecule has 0 spiro atoms. The highest BCUT2D eigenvalue weighted by molar-refractivity contribution is 5.96. The van der Waals surface area contributed by atoms with Crippen molar-refractivity contribution in [2.24, 2.45) is 5.92 Å². The number of methoxy groups -OCH3 is 1. The number of Topliss-reactive ketones (excluding diaryl/α,β-unsaturated/α-hetero) is 1. The minimum Gasteiger partial charge on any atom is -0.497 e. The van der Waals surface area contributed by atoms with Gasteiger partial charge in [0.2, 0.25) is 0 Å². The summed E-state index contributed by atoms with van der Waals surface area (Å²) in [6, 6.07) is 36.6. The summed E-state index contributed by atoms with van der Waals surface area (Å²) in [5.74, 6) is 0.786. The van der Waals surface area contributed by atoms with Crippen LogP contribution in [0.5, 0.6) is 5.75 Å². The number of benzene rings is 4. The number of ether oxygens (including phenoxy) is 1. The number of hydrogen-bond acceptors (Lipinski definition) is 4. The molecule has 0 amide bonds. The molecule has 0 radical (unpaired) electrons. The molecule has 1 aliphatic heterocycles. The van der Waals surface area contributed by atoms with Gasteiger partial charge in [-0.2, -0.15) is 0 Å². The quantitative estimate of drug-likeness (QED) is 0.276. The first kappa shape index (κ1) is 24.9. The molecule has 188 valence electrons. The molecule has 1 N–H and O–H groups in total. The maximum Gasteiger partial charge on any atom is 0.163 e. The van der Waals surface area contributed by atoms with E-state index in [0.29, 0.717) is 18.5 Å². The van der Waals surface area contributed by atoms with E-state index in [4.69, 9.17) is 4.74 Å². The summed E-state index contributed by atoms with van der Waals surface area (Å²) < 4.78 is 5.30. The average Bonchev–Trinajstić information content (AvgIpc) is 3.23. The highest BCUT2D eigenvalue weighted by Crippen LogP contribution is 2.35. The number of rotatable bonds is 9. The van der Waals surface area contributed by atoms with Crippen LogP contribution >= 0.6 is 0 Å². The Kier molecular flexibility index (Phi) is 7.79. The molecule has 4 aromatic rings. The van der Waals surface area contributed by atoms with Gasteiger partial charge in [-0.15, -0.1) is 0 Å². The third-order valence-electron chi connectivity index (χ3n) is 7.41. The van der Waals surface area contributed by atoms with Crippen LogP contribution in [0.15, 0.2) is 109 Å². The summed E-state index contributed by atoms with van der Waals surface area (Å²) in [4.78, 5) is 15.1. The minimum absolute atomic E-state index is 0.0851. The molecule has 4 nitrogen and oxygen atoms in total. The molecule has 0 bridgehead atoms. The lowest BCUT2D eigenvalue weighted by molar-refractivity contribution is -0.0134. The Balaban J connectivity index is 1.34. The van der Waals surface area contributed by atoms with Crippen molar-refractivity contribution in [2.75, 3.05) is 7.11 Å². The minimum atomic E-state index is -0.677. The van der Waals surface area contributed by atoms with E-state index in [1.165, 1.54) is 16.7 Å². The Labute approximate surface area is 219 Å². The maximum atomic E-state index is 13.0. The van der Waals surface area contributed by atoms with Crippen molar-refractivity contribution in [3.63, 3.8) is 0 Å². The van der Waals surface area contributed by atoms with E-state index in [-0.39, 0.29) is 17.7 Å². The second-order valence-electron chi connectivity index (χ2n) is 9.84. The summed E-state index contributed by atoms with van der Waals surface area (Å²) in [6.07, 6.45) is 1.26. The maximum absolute atomic E-state index is 13.0. The molecule has 0 aliphatic carbocycles. The van der Waals surface area contributed by atoms with E-state index >= 15 is 0 Å². The van der Waals surface area contributed by atoms with E-state index < -0.39 is 6.23 Å². The predicted octanol–water partition coefficient (Wildman–Crippen LogP) is 6.39. The second-order valence-corrected chi connectivity index (χ2v) is 9.84. The van der Waals surface area contributed by atoms with E-state index in [1.807, 2.05) is 60.7 Å². The number of carbonyl (C=O) groups excluding carboxylic acids is 1. The molecule has 37 heavy (non-hydrogen) atoms. The van der Waals surface area contributed by atoms with Crippen molar-refractivity contribution in [1.82, 2.24) is 4.90 Å². The third-order valence-corrected chi connectivity index (χ3v) is 7.41. The first-order valence-corrected chi connectivity index (χ1v) is 12.9. The zero-order valence-electron chi connectivity index (χ0n) is 21.2. The van der Waals surface area contributed by atoms with Crippen molar-refractivity contribution >= 4 is 5.78 Å². The van der Waals surface area contributed by atoms with Crippen LogP contribution in [0.2, 0.25) is 0 Å². The lowest BCUT2D eigenvalue weighted by atomic mass is 9.93. The van der Waals surface area contributed by atoms with Crippen molar-refractivity contribution < 1.29 is 14.6 Å². The van der Waals surface area contributed by atoms with Gasteiger partial charge in [-0.3, -0.25) is 9.69 Å². The first-order valence-electron chi connectivity index (χ1n) is 12.9. The van der Waals surface area contributed by atoms with Crippen LogP contribution in [0, 0.1) is 5.92 Å². The van der Waals surface area contributed by atoms with E-state index in [1.54, 1.807) is 7.11 Å². The zero-order chi connectivity index (χ0) is 25.6. The molecular weight excluding hydrogens is 458 g/mol. The van der Waals surface area contributed by atoms with Crippen molar-refractivity contribution in [3.05, 3.63) is 126 Å². The molecule has 5 rings (SSSR count). The number of aliphatic hydroxyl groups excluding tert-OH is 1. The molecule has 1 heterocycles. The van der Waals surface area contributed by atoms with Crippen LogP contribution in [0.1, 0.15) is 34.3 Å². The highest BCUT2D eigenvalue weighted by Gasteiger charge is 2.40. The van der Waals surface area contributed by atoms with Gasteiger partial charge >= 0.3 is 0 Å². The normalized spacial score (nSPS) is 19.6. The lowest BCUT2D eigenvalue weighted by Crippen LogP contribution is -2.38. The first-order chi connectivity index (χ1) is 18.1. The third kappa shape index (κ3) is 5.99. The van der Waals surface area contributed by atoms with Gasteiger partial charge in [0.1, 0.15) is 12.0 Å². The number of aliphatic hydroxyl groups is 1. The Hall–Kier alpha value is -3.73. The molecule has 4 heteroatoms. The van der Waals surface area contributed by atoms with Crippen LogP contribution in [-0.4, -0.2) is 35.2 Å². The van der Waals surface area contributed by atoms with Crippen molar-refractivity contribution in [2.45, 2.75) is 38.1 Å². The molecule has 1 fully saturated rings. The Morgan fingerprint density at radius 1 is 0.811 bits per heavy atom. The summed E-state index contributed by atoms with van der Waals surface area (Å²) in [6.45, 7) is 0.619. The van der Waals surface area contributed by atoms with E-state index in [2.05, 4.69) is 53.4 Å². The summed E-state index contributed by atoms with van der Waals surface area (Å²) in [5.41, 5.74) is 5.44. The molecule has 3 unspecified atom stereocenters. The average molecular weight is 492 g/mol. The van der Waals surface area contributed by atoms with Gasteiger partial charge in [-0.05, 0) is 47.2 Å². The molecule has 0 saturated carbocycles. The van der Waals surface area contributed by atoms with Gasteiger partial charge in [0, 0.05) is 30.5 Å². The number of hydrogen-bond donors (Lipinski definition) is 1. The van der Waals surface area contributed by atoms with Crippen LogP contribution in [0.3, 0.4) is 0 Å². The molecular formula is C33H33NO3. The zero-order valence-corrected chi connectivity index (χ0v) is 21.2. The van der Waals surface area contributed by atoms with Crippen LogP contribution in [0.25, 0.3) is 11.1 Å². The highest BCUT2D eigenvalue weighted by atomic mass is 16.5. The van der Waals surface area contributed by atoms with Gasteiger partial charge in [0.05, 0.1) is 7.11 Å². The van der Waals surface area contributed by atoms with Crippen LogP contribution in [-0.2, 0) is 13.0 Å². The number of carbonyl (C=O) groups is 1. The molecule has 3 atom stereocenters. The SMILES string of the molecule is COc1ccc(CN2C(Cc3ccc(-c4ccccc4)cc3)CC(CC(=O)c3ccccc3)C2O)cc1. The molecule has 0 aromatic heterocycles. The van der Waals surface area contributed by atoms with Crippen molar-refractivity contribution in [3.8, 4) is 16.9 Å². The van der Waals surface area contributed by atoms with Gasteiger partial charge < -0.3 is 9.84 Å². The lowest BCUT2D eigenvalue weighted by Gasteiger charge is -2.28. The fourth-order valence-electron chi connectivity index (χ4n) is 5.36. The fourth-order valence-corrected chi connectivity index (χ4v) is 5.36. The standard InChI is InChI=1S/C33H33NO3/c1-37-31-18-14-25(15-19-31)23-34-30(20-24-12-16-27(17-13-24)26-8-4-2-5-9-26)21-29(33(34)36)22-32(35)28-10-6-3-7-11-28/h2-19,29-30,33,36H,20-23H2,1H3. The fraction of sp³-hybridized carbons (Fsp3) is 0.242. The van der Waals surface area contributed by atoms with Gasteiger partial charge in [0.25, 0.3) is 0 Å². The molecule has 1 aliphatic rings. The van der Waals surface area contributed by atoms with Crippen LogP contribution < -0.4 is 4.74 Å². The van der Waals surface area contributed by atoms with Crippen LogP contribution in [0.4, 0.5) is 0 Å². The Morgan fingerprint density at radius 2 is 1.41 bits per heavy atom.